The molecule has 0 bridgehead atoms. The molecule has 1 aromatic carbocycles. The molecule has 1 radical (unpaired) electrons. The van der Waals surface area contributed by atoms with Crippen molar-refractivity contribution in [2.24, 2.45) is 0 Å². The van der Waals surface area contributed by atoms with Crippen LogP contribution in [0.25, 0.3) is 0 Å². The smallest absolute Gasteiger partial charge is 0.258 e. The number of rotatable bonds is 2. The maximum Gasteiger partial charge on any atom is 0.276 e. The molecule has 0 spiro atoms. The second kappa shape index (κ2) is 3.67. The lowest BCUT2D eigenvalue weighted by Gasteiger charge is -2.00. The van der Waals surface area contributed by atoms with Crippen LogP contribution in [0, 0.1) is 17.0 Å². The molecule has 12 heavy (non-hydrogen) atoms. The third kappa shape index (κ3) is 1.64. The van der Waals surface area contributed by atoms with Crippen LogP contribution in [0.2, 0.25) is 0 Å². The van der Waals surface area contributed by atoms with Crippen molar-refractivity contribution in [3.05, 3.63) is 46.4 Å². The highest BCUT2D eigenvalue weighted by molar-refractivity contribution is 9.08. The second-order valence-electron chi connectivity index (χ2n) is 2.32. The fourth-order valence-corrected chi connectivity index (χ4v) is 1.44. The number of hydrogen-bond donors (Lipinski definition) is 0. The Morgan fingerprint density at radius 3 is 2.67 bits per heavy atom. The van der Waals surface area contributed by atoms with Crippen LogP contribution in [0.1, 0.15) is 11.1 Å². The van der Waals surface area contributed by atoms with Crippen LogP contribution in [-0.2, 0) is 5.33 Å². The van der Waals surface area contributed by atoms with Crippen molar-refractivity contribution in [2.75, 3.05) is 0 Å². The van der Waals surface area contributed by atoms with Crippen LogP contribution in [-0.4, -0.2) is 4.92 Å². The Bertz CT molecular complexity index is 312. The number of nitro benzene ring substituents is 1. The highest BCUT2D eigenvalue weighted by Gasteiger charge is 2.14. The minimum atomic E-state index is -0.404. The van der Waals surface area contributed by atoms with E-state index in [0.717, 1.165) is 0 Å². The van der Waals surface area contributed by atoms with Crippen molar-refractivity contribution in [3.8, 4) is 0 Å². The standard InChI is InChI=1S/C8H7BrNO2/c1-6-3-2-4-7(5-9)8(6)10(11)12/h2-4H,1,5H2. The molecule has 0 fully saturated rings. The van der Waals surface area contributed by atoms with E-state index in [4.69, 9.17) is 0 Å². The van der Waals surface area contributed by atoms with E-state index in [9.17, 15) is 10.1 Å². The highest BCUT2D eigenvalue weighted by Crippen LogP contribution is 2.24. The monoisotopic (exact) mass is 228 g/mol. The fraction of sp³-hybridized carbons (Fsp3) is 0.125. The van der Waals surface area contributed by atoms with Gasteiger partial charge in [0.05, 0.1) is 4.92 Å². The maximum absolute atomic E-state index is 10.5. The first-order valence-electron chi connectivity index (χ1n) is 3.31. The lowest BCUT2D eigenvalue weighted by atomic mass is 10.1. The van der Waals surface area contributed by atoms with Gasteiger partial charge in [0, 0.05) is 16.5 Å². The molecule has 0 aromatic heterocycles. The van der Waals surface area contributed by atoms with E-state index in [-0.39, 0.29) is 5.69 Å². The molecule has 1 rings (SSSR count). The van der Waals surface area contributed by atoms with Crippen LogP contribution >= 0.6 is 15.9 Å². The zero-order valence-corrected chi connectivity index (χ0v) is 7.87. The van der Waals surface area contributed by atoms with Gasteiger partial charge in [-0.25, -0.2) is 0 Å². The Kier molecular flexibility index (Phi) is 2.81. The number of halogens is 1. The molecule has 0 heterocycles. The Hall–Kier alpha value is -0.900. The molecule has 0 aliphatic carbocycles. The summed E-state index contributed by atoms with van der Waals surface area (Å²) in [5.41, 5.74) is 1.22. The predicted molar refractivity (Wildman–Crippen MR) is 50.2 cm³/mol. The first-order valence-corrected chi connectivity index (χ1v) is 4.43. The van der Waals surface area contributed by atoms with Crippen LogP contribution in [0.5, 0.6) is 0 Å². The van der Waals surface area contributed by atoms with Crippen molar-refractivity contribution in [2.45, 2.75) is 5.33 Å². The zero-order valence-electron chi connectivity index (χ0n) is 6.29. The molecule has 1 aromatic rings. The van der Waals surface area contributed by atoms with Crippen LogP contribution in [0.3, 0.4) is 0 Å². The van der Waals surface area contributed by atoms with Crippen molar-refractivity contribution in [3.63, 3.8) is 0 Å². The Morgan fingerprint density at radius 1 is 1.58 bits per heavy atom. The third-order valence-corrected chi connectivity index (χ3v) is 2.13. The van der Waals surface area contributed by atoms with Crippen LogP contribution in [0.15, 0.2) is 18.2 Å². The maximum atomic E-state index is 10.5. The summed E-state index contributed by atoms with van der Waals surface area (Å²) < 4.78 is 0. The molecule has 0 N–H and O–H groups in total. The molecule has 0 aliphatic heterocycles. The largest absolute Gasteiger partial charge is 0.276 e. The molecule has 0 saturated heterocycles. The average Bonchev–Trinajstić information content (AvgIpc) is 2.03. The van der Waals surface area contributed by atoms with Gasteiger partial charge in [0.1, 0.15) is 0 Å². The zero-order chi connectivity index (χ0) is 9.14. The summed E-state index contributed by atoms with van der Waals surface area (Å²) in [6, 6.07) is 5.10. The van der Waals surface area contributed by atoms with Gasteiger partial charge in [-0.1, -0.05) is 34.1 Å². The minimum absolute atomic E-state index is 0.106. The number of para-hydroxylation sites is 1. The van der Waals surface area contributed by atoms with E-state index >= 15 is 0 Å². The quantitative estimate of drug-likeness (QED) is 0.444. The van der Waals surface area contributed by atoms with Crippen molar-refractivity contribution < 1.29 is 4.92 Å². The summed E-state index contributed by atoms with van der Waals surface area (Å²) in [7, 11) is 0. The highest BCUT2D eigenvalue weighted by atomic mass is 79.9. The molecular formula is C8H7BrNO2. The number of benzene rings is 1. The lowest BCUT2D eigenvalue weighted by molar-refractivity contribution is -0.385. The normalized spacial score (nSPS) is 9.83. The third-order valence-electron chi connectivity index (χ3n) is 1.53. The summed E-state index contributed by atoms with van der Waals surface area (Å²) in [6.07, 6.45) is 0. The molecular weight excluding hydrogens is 222 g/mol. The summed E-state index contributed by atoms with van der Waals surface area (Å²) in [5.74, 6) is 0. The number of nitrogens with zero attached hydrogens (tertiary/aromatic N) is 1. The molecule has 0 atom stereocenters. The molecule has 0 amide bonds. The molecule has 4 heteroatoms. The lowest BCUT2D eigenvalue weighted by Crippen LogP contribution is -1.95. The van der Waals surface area contributed by atoms with Gasteiger partial charge in [0.25, 0.3) is 5.69 Å². The van der Waals surface area contributed by atoms with Gasteiger partial charge in [-0.2, -0.15) is 0 Å². The van der Waals surface area contributed by atoms with Crippen LogP contribution in [0.4, 0.5) is 5.69 Å². The molecule has 0 aliphatic rings. The molecule has 0 unspecified atom stereocenters. The second-order valence-corrected chi connectivity index (χ2v) is 2.88. The van der Waals surface area contributed by atoms with E-state index in [1.165, 1.54) is 0 Å². The van der Waals surface area contributed by atoms with Gasteiger partial charge in [0.15, 0.2) is 0 Å². The van der Waals surface area contributed by atoms with Crippen LogP contribution < -0.4 is 0 Å². The topological polar surface area (TPSA) is 43.1 Å². The molecule has 3 nitrogen and oxygen atoms in total. The van der Waals surface area contributed by atoms with Crippen molar-refractivity contribution >= 4 is 21.6 Å². The van der Waals surface area contributed by atoms with E-state index in [2.05, 4.69) is 22.9 Å². The summed E-state index contributed by atoms with van der Waals surface area (Å²) in [4.78, 5) is 10.1. The first-order chi connectivity index (χ1) is 5.66. The predicted octanol–water partition coefficient (Wildman–Crippen LogP) is 2.67. The first kappa shape index (κ1) is 9.19. The minimum Gasteiger partial charge on any atom is -0.258 e. The number of hydrogen-bond acceptors (Lipinski definition) is 2. The molecule has 0 saturated carbocycles. The Balaban J connectivity index is 3.29. The van der Waals surface area contributed by atoms with Gasteiger partial charge in [-0.05, 0) is 6.92 Å². The number of nitro groups is 1. The van der Waals surface area contributed by atoms with E-state index in [0.29, 0.717) is 16.5 Å². The van der Waals surface area contributed by atoms with Gasteiger partial charge >= 0.3 is 0 Å². The van der Waals surface area contributed by atoms with E-state index in [1.54, 1.807) is 18.2 Å². The van der Waals surface area contributed by atoms with E-state index < -0.39 is 4.92 Å². The molecule has 63 valence electrons. The Morgan fingerprint density at radius 2 is 2.25 bits per heavy atom. The van der Waals surface area contributed by atoms with E-state index in [1.807, 2.05) is 0 Å². The van der Waals surface area contributed by atoms with Gasteiger partial charge in [-0.3, -0.25) is 10.1 Å². The number of alkyl halides is 1. The van der Waals surface area contributed by atoms with Gasteiger partial charge in [-0.15, -0.1) is 0 Å². The fourth-order valence-electron chi connectivity index (χ4n) is 0.987. The van der Waals surface area contributed by atoms with Gasteiger partial charge in [0.2, 0.25) is 0 Å². The SMILES string of the molecule is [CH2]c1cccc(CBr)c1[N+](=O)[O-]. The van der Waals surface area contributed by atoms with Crippen molar-refractivity contribution in [1.29, 1.82) is 0 Å². The average molecular weight is 229 g/mol. The Labute approximate surface area is 78.7 Å². The summed E-state index contributed by atoms with van der Waals surface area (Å²) in [6.45, 7) is 3.59. The van der Waals surface area contributed by atoms with Gasteiger partial charge < -0.3 is 0 Å². The summed E-state index contributed by atoms with van der Waals surface area (Å²) in [5, 5.41) is 11.0. The van der Waals surface area contributed by atoms with Crippen molar-refractivity contribution in [1.82, 2.24) is 0 Å². The summed E-state index contributed by atoms with van der Waals surface area (Å²) >= 11 is 3.18.